The van der Waals surface area contributed by atoms with Crippen LogP contribution in [0.25, 0.3) is 0 Å². The van der Waals surface area contributed by atoms with Crippen molar-refractivity contribution in [3.63, 3.8) is 0 Å². The van der Waals surface area contributed by atoms with Crippen LogP contribution in [0.1, 0.15) is 45.7 Å². The van der Waals surface area contributed by atoms with Crippen LogP contribution in [0.5, 0.6) is 0 Å². The quantitative estimate of drug-likeness (QED) is 0.829. The third kappa shape index (κ3) is 2.08. The van der Waals surface area contributed by atoms with E-state index in [1.54, 1.807) is 6.20 Å². The van der Waals surface area contributed by atoms with E-state index in [0.29, 0.717) is 11.1 Å². The molecule has 0 radical (unpaired) electrons. The van der Waals surface area contributed by atoms with Crippen molar-refractivity contribution in [2.75, 3.05) is 5.32 Å². The molecule has 1 spiro atoms. The van der Waals surface area contributed by atoms with Crippen molar-refractivity contribution < 1.29 is 9.59 Å². The minimum atomic E-state index is -0.581. The van der Waals surface area contributed by atoms with Crippen LogP contribution in [-0.2, 0) is 0 Å². The standard InChI is InChI=1S/C20H20N4O2/c1-12-6-7-13(11-21-12)19(26)24-14-8-9-17(24)20(10-14)22-16-5-3-2-4-15(16)18(25)23-20/h2-7,11,14,17,22H,8-10H2,1H3,(H,23,25)/t14-,17-,20+/m0/s1. The van der Waals surface area contributed by atoms with Crippen LogP contribution in [0, 0.1) is 6.92 Å². The summed E-state index contributed by atoms with van der Waals surface area (Å²) in [5, 5.41) is 6.70. The topological polar surface area (TPSA) is 74.3 Å². The van der Waals surface area contributed by atoms with Crippen molar-refractivity contribution in [1.29, 1.82) is 0 Å². The molecule has 132 valence electrons. The number of rotatable bonds is 1. The molecule has 6 heteroatoms. The van der Waals surface area contributed by atoms with Gasteiger partial charge in [0.25, 0.3) is 11.8 Å². The molecule has 6 nitrogen and oxygen atoms in total. The first-order valence-corrected chi connectivity index (χ1v) is 9.02. The van der Waals surface area contributed by atoms with Crippen LogP contribution in [0.4, 0.5) is 5.69 Å². The average Bonchev–Trinajstić information content (AvgIpc) is 3.17. The Kier molecular flexibility index (Phi) is 3.13. The highest BCUT2D eigenvalue weighted by atomic mass is 16.2. The van der Waals surface area contributed by atoms with E-state index >= 15 is 0 Å². The second kappa shape index (κ2) is 5.30. The lowest BCUT2D eigenvalue weighted by atomic mass is 9.86. The summed E-state index contributed by atoms with van der Waals surface area (Å²) in [5.41, 5.74) is 2.41. The van der Waals surface area contributed by atoms with E-state index in [1.807, 2.05) is 48.2 Å². The van der Waals surface area contributed by atoms with Gasteiger partial charge in [0.2, 0.25) is 0 Å². The lowest BCUT2D eigenvalue weighted by Crippen LogP contribution is -2.64. The maximum atomic E-state index is 13.1. The molecule has 1 aromatic heterocycles. The number of para-hydroxylation sites is 1. The highest BCUT2D eigenvalue weighted by molar-refractivity contribution is 6.02. The van der Waals surface area contributed by atoms with Gasteiger partial charge in [-0.25, -0.2) is 0 Å². The molecule has 0 unspecified atom stereocenters. The number of benzene rings is 1. The number of amides is 2. The van der Waals surface area contributed by atoms with Crippen LogP contribution in [0.3, 0.4) is 0 Å². The Bertz CT molecular complexity index is 910. The SMILES string of the molecule is Cc1ccc(C(=O)N2[C@H]3CC[C@H]2[C@@]2(C3)NC(=O)c3ccccc3N2)cn1. The van der Waals surface area contributed by atoms with Crippen molar-refractivity contribution >= 4 is 17.5 Å². The van der Waals surface area contributed by atoms with Gasteiger partial charge >= 0.3 is 0 Å². The number of aromatic nitrogens is 1. The third-order valence-corrected chi connectivity index (χ3v) is 5.89. The van der Waals surface area contributed by atoms with Gasteiger partial charge in [0.05, 0.1) is 17.2 Å². The molecule has 0 aliphatic carbocycles. The number of hydrogen-bond donors (Lipinski definition) is 2. The third-order valence-electron chi connectivity index (χ3n) is 5.89. The first kappa shape index (κ1) is 15.4. The Hall–Kier alpha value is -2.89. The van der Waals surface area contributed by atoms with Crippen LogP contribution >= 0.6 is 0 Å². The van der Waals surface area contributed by atoms with Crippen LogP contribution in [0.2, 0.25) is 0 Å². The molecule has 1 aromatic carbocycles. The molecule has 2 aromatic rings. The maximum absolute atomic E-state index is 13.1. The van der Waals surface area contributed by atoms with Crippen molar-refractivity contribution in [2.45, 2.75) is 43.9 Å². The molecule has 5 rings (SSSR count). The zero-order valence-corrected chi connectivity index (χ0v) is 14.5. The van der Waals surface area contributed by atoms with Crippen molar-refractivity contribution in [1.82, 2.24) is 15.2 Å². The lowest BCUT2D eigenvalue weighted by molar-refractivity contribution is 0.0691. The molecule has 2 N–H and O–H groups in total. The molecule has 4 heterocycles. The first-order valence-electron chi connectivity index (χ1n) is 9.02. The van der Waals surface area contributed by atoms with E-state index < -0.39 is 5.66 Å². The summed E-state index contributed by atoms with van der Waals surface area (Å²) in [6, 6.07) is 11.3. The summed E-state index contributed by atoms with van der Waals surface area (Å²) >= 11 is 0. The molecule has 2 amide bonds. The second-order valence-corrected chi connectivity index (χ2v) is 7.45. The normalized spacial score (nSPS) is 28.7. The molecule has 2 saturated heterocycles. The van der Waals surface area contributed by atoms with E-state index in [4.69, 9.17) is 0 Å². The molecule has 2 fully saturated rings. The van der Waals surface area contributed by atoms with Gasteiger partial charge in [0, 0.05) is 30.0 Å². The summed E-state index contributed by atoms with van der Waals surface area (Å²) in [5.74, 6) is -0.0758. The van der Waals surface area contributed by atoms with Gasteiger partial charge in [-0.05, 0) is 44.0 Å². The number of carbonyl (C=O) groups is 2. The number of nitrogens with zero attached hydrogens (tertiary/aromatic N) is 2. The van der Waals surface area contributed by atoms with Crippen molar-refractivity contribution in [3.8, 4) is 0 Å². The number of hydrogen-bond acceptors (Lipinski definition) is 4. The van der Waals surface area contributed by atoms with Gasteiger partial charge in [-0.15, -0.1) is 0 Å². The van der Waals surface area contributed by atoms with Gasteiger partial charge in [0.1, 0.15) is 5.66 Å². The molecular formula is C20H20N4O2. The van der Waals surface area contributed by atoms with Crippen LogP contribution in [0.15, 0.2) is 42.6 Å². The molecular weight excluding hydrogens is 328 g/mol. The number of aryl methyl sites for hydroxylation is 1. The minimum Gasteiger partial charge on any atom is -0.360 e. The number of pyridine rings is 1. The fraction of sp³-hybridized carbons (Fsp3) is 0.350. The molecule has 26 heavy (non-hydrogen) atoms. The molecule has 3 aliphatic rings. The zero-order valence-electron chi connectivity index (χ0n) is 14.5. The first-order chi connectivity index (χ1) is 12.6. The van der Waals surface area contributed by atoms with Gasteiger partial charge < -0.3 is 15.5 Å². The average molecular weight is 348 g/mol. The largest absolute Gasteiger partial charge is 0.360 e. The van der Waals surface area contributed by atoms with E-state index in [9.17, 15) is 9.59 Å². The van der Waals surface area contributed by atoms with E-state index in [1.165, 1.54) is 0 Å². The monoisotopic (exact) mass is 348 g/mol. The maximum Gasteiger partial charge on any atom is 0.256 e. The Morgan fingerprint density at radius 2 is 2.04 bits per heavy atom. The highest BCUT2D eigenvalue weighted by Crippen LogP contribution is 2.47. The predicted octanol–water partition coefficient (Wildman–Crippen LogP) is 2.32. The fourth-order valence-corrected chi connectivity index (χ4v) is 4.73. The minimum absolute atomic E-state index is 0.00298. The predicted molar refractivity (Wildman–Crippen MR) is 96.8 cm³/mol. The van der Waals surface area contributed by atoms with Crippen molar-refractivity contribution in [3.05, 3.63) is 59.4 Å². The number of anilines is 1. The van der Waals surface area contributed by atoms with Crippen LogP contribution in [-0.4, -0.2) is 39.4 Å². The van der Waals surface area contributed by atoms with Crippen molar-refractivity contribution in [2.24, 2.45) is 0 Å². The van der Waals surface area contributed by atoms with Crippen LogP contribution < -0.4 is 10.6 Å². The van der Waals surface area contributed by atoms with Gasteiger partial charge in [-0.3, -0.25) is 14.6 Å². The molecule has 2 bridgehead atoms. The molecule has 3 atom stereocenters. The Labute approximate surface area is 151 Å². The smallest absolute Gasteiger partial charge is 0.256 e. The van der Waals surface area contributed by atoms with Gasteiger partial charge in [-0.1, -0.05) is 12.1 Å². The Balaban J connectivity index is 1.49. The fourth-order valence-electron chi connectivity index (χ4n) is 4.73. The summed E-state index contributed by atoms with van der Waals surface area (Å²) in [7, 11) is 0. The second-order valence-electron chi connectivity index (χ2n) is 7.45. The van der Waals surface area contributed by atoms with E-state index in [-0.39, 0.29) is 23.9 Å². The summed E-state index contributed by atoms with van der Waals surface area (Å²) in [6.45, 7) is 1.90. The van der Waals surface area contributed by atoms with Gasteiger partial charge in [-0.2, -0.15) is 0 Å². The molecule has 3 aliphatic heterocycles. The Morgan fingerprint density at radius 3 is 2.85 bits per heavy atom. The Morgan fingerprint density at radius 1 is 1.19 bits per heavy atom. The highest BCUT2D eigenvalue weighted by Gasteiger charge is 2.59. The number of carbonyl (C=O) groups excluding carboxylic acids is 2. The summed E-state index contributed by atoms with van der Waals surface area (Å²) in [6.07, 6.45) is 4.22. The lowest BCUT2D eigenvalue weighted by Gasteiger charge is -2.43. The van der Waals surface area contributed by atoms with Gasteiger partial charge in [0.15, 0.2) is 0 Å². The number of nitrogens with one attached hydrogen (secondary N) is 2. The molecule has 0 saturated carbocycles. The number of fused-ring (bicyclic) bond motifs is 4. The summed E-state index contributed by atoms with van der Waals surface area (Å²) in [4.78, 5) is 32.0. The zero-order chi connectivity index (χ0) is 17.9. The van der Waals surface area contributed by atoms with E-state index in [2.05, 4.69) is 15.6 Å². The van der Waals surface area contributed by atoms with E-state index in [0.717, 1.165) is 30.6 Å². The summed E-state index contributed by atoms with van der Waals surface area (Å²) < 4.78 is 0.